The SMILES string of the molecule is CC(C)c1ccc(-c2cnc(-c3ccc(CC(=O)OCC4CNC4)cc3)s2)cc1. The van der Waals surface area contributed by atoms with Crippen LogP contribution < -0.4 is 5.32 Å². The first-order valence-corrected chi connectivity index (χ1v) is 10.9. The molecule has 0 spiro atoms. The summed E-state index contributed by atoms with van der Waals surface area (Å²) in [5, 5.41) is 4.16. The maximum atomic E-state index is 12.0. The highest BCUT2D eigenvalue weighted by atomic mass is 32.1. The number of hydrogen-bond donors (Lipinski definition) is 1. The van der Waals surface area contributed by atoms with Crippen molar-refractivity contribution in [2.75, 3.05) is 19.7 Å². The second kappa shape index (κ2) is 8.89. The van der Waals surface area contributed by atoms with Crippen molar-refractivity contribution in [2.45, 2.75) is 26.2 Å². The number of aromatic nitrogens is 1. The van der Waals surface area contributed by atoms with E-state index in [4.69, 9.17) is 4.74 Å². The minimum Gasteiger partial charge on any atom is -0.465 e. The van der Waals surface area contributed by atoms with E-state index in [-0.39, 0.29) is 5.97 Å². The van der Waals surface area contributed by atoms with Gasteiger partial charge < -0.3 is 10.1 Å². The monoisotopic (exact) mass is 406 g/mol. The van der Waals surface area contributed by atoms with E-state index in [1.54, 1.807) is 11.3 Å². The van der Waals surface area contributed by atoms with Crippen molar-refractivity contribution in [1.29, 1.82) is 0 Å². The summed E-state index contributed by atoms with van der Waals surface area (Å²) in [4.78, 5) is 17.7. The van der Waals surface area contributed by atoms with E-state index in [0.29, 0.717) is 24.9 Å². The van der Waals surface area contributed by atoms with Gasteiger partial charge in [0.2, 0.25) is 0 Å². The van der Waals surface area contributed by atoms with Crippen molar-refractivity contribution >= 4 is 17.3 Å². The lowest BCUT2D eigenvalue weighted by molar-refractivity contribution is -0.144. The second-order valence-corrected chi connectivity index (χ2v) is 8.92. The molecular weight excluding hydrogens is 380 g/mol. The lowest BCUT2D eigenvalue weighted by Crippen LogP contribution is -2.44. The normalized spacial score (nSPS) is 14.0. The van der Waals surface area contributed by atoms with Crippen molar-refractivity contribution in [3.63, 3.8) is 0 Å². The number of nitrogens with zero attached hydrogens (tertiary/aromatic N) is 1. The fourth-order valence-electron chi connectivity index (χ4n) is 3.23. The van der Waals surface area contributed by atoms with Gasteiger partial charge in [-0.25, -0.2) is 4.98 Å². The van der Waals surface area contributed by atoms with Gasteiger partial charge in [-0.1, -0.05) is 62.4 Å². The van der Waals surface area contributed by atoms with Crippen LogP contribution in [0.4, 0.5) is 0 Å². The average Bonchev–Trinajstić information content (AvgIpc) is 3.17. The van der Waals surface area contributed by atoms with Crippen LogP contribution in [0.15, 0.2) is 54.7 Å². The molecule has 0 saturated carbocycles. The van der Waals surface area contributed by atoms with Crippen molar-refractivity contribution in [2.24, 2.45) is 5.92 Å². The largest absolute Gasteiger partial charge is 0.465 e. The highest BCUT2D eigenvalue weighted by Crippen LogP contribution is 2.32. The second-order valence-electron chi connectivity index (χ2n) is 7.89. The Kier molecular flexibility index (Phi) is 6.07. The molecule has 0 atom stereocenters. The topological polar surface area (TPSA) is 51.2 Å². The molecule has 0 radical (unpaired) electrons. The number of hydrogen-bond acceptors (Lipinski definition) is 5. The third-order valence-electron chi connectivity index (χ3n) is 5.26. The van der Waals surface area contributed by atoms with Crippen LogP contribution in [0.3, 0.4) is 0 Å². The zero-order valence-electron chi connectivity index (χ0n) is 16.9. The van der Waals surface area contributed by atoms with Crippen LogP contribution in [-0.4, -0.2) is 30.6 Å². The number of carbonyl (C=O) groups excluding carboxylic acids is 1. The quantitative estimate of drug-likeness (QED) is 0.567. The molecule has 1 N–H and O–H groups in total. The molecule has 0 unspecified atom stereocenters. The molecule has 150 valence electrons. The Morgan fingerprint density at radius 2 is 1.79 bits per heavy atom. The first kappa shape index (κ1) is 19.8. The number of thiazole rings is 1. The number of nitrogens with one attached hydrogen (secondary N) is 1. The lowest BCUT2D eigenvalue weighted by atomic mass is 10.0. The van der Waals surface area contributed by atoms with E-state index in [0.717, 1.165) is 34.1 Å². The smallest absolute Gasteiger partial charge is 0.310 e. The fourth-order valence-corrected chi connectivity index (χ4v) is 4.16. The van der Waals surface area contributed by atoms with Crippen molar-refractivity contribution < 1.29 is 9.53 Å². The molecule has 1 fully saturated rings. The minimum atomic E-state index is -0.161. The van der Waals surface area contributed by atoms with Gasteiger partial charge in [-0.2, -0.15) is 0 Å². The van der Waals surface area contributed by atoms with Gasteiger partial charge in [0.15, 0.2) is 0 Å². The van der Waals surface area contributed by atoms with Crippen LogP contribution in [0, 0.1) is 5.92 Å². The fraction of sp³-hybridized carbons (Fsp3) is 0.333. The zero-order chi connectivity index (χ0) is 20.2. The van der Waals surface area contributed by atoms with E-state index in [9.17, 15) is 4.79 Å². The molecular formula is C24H26N2O2S. The van der Waals surface area contributed by atoms with Gasteiger partial charge in [-0.15, -0.1) is 11.3 Å². The van der Waals surface area contributed by atoms with E-state index in [1.807, 2.05) is 30.5 Å². The molecule has 4 rings (SSSR count). The van der Waals surface area contributed by atoms with Crippen LogP contribution in [-0.2, 0) is 16.0 Å². The summed E-state index contributed by atoms with van der Waals surface area (Å²) in [5.74, 6) is 0.847. The van der Waals surface area contributed by atoms with Crippen molar-refractivity contribution in [3.05, 3.63) is 65.9 Å². The number of esters is 1. The summed E-state index contributed by atoms with van der Waals surface area (Å²) in [6.45, 7) is 6.81. The third-order valence-corrected chi connectivity index (χ3v) is 6.36. The Labute approximate surface area is 176 Å². The molecule has 5 heteroatoms. The van der Waals surface area contributed by atoms with Gasteiger partial charge in [-0.3, -0.25) is 4.79 Å². The molecule has 1 aliphatic rings. The number of ether oxygens (including phenoxy) is 1. The molecule has 2 heterocycles. The van der Waals surface area contributed by atoms with Crippen LogP contribution in [0.25, 0.3) is 21.0 Å². The molecule has 0 bridgehead atoms. The highest BCUT2D eigenvalue weighted by Gasteiger charge is 2.18. The molecule has 29 heavy (non-hydrogen) atoms. The molecule has 1 saturated heterocycles. The van der Waals surface area contributed by atoms with E-state index in [1.165, 1.54) is 11.1 Å². The van der Waals surface area contributed by atoms with Crippen LogP contribution in [0.5, 0.6) is 0 Å². The summed E-state index contributed by atoms with van der Waals surface area (Å²) >= 11 is 1.68. The summed E-state index contributed by atoms with van der Waals surface area (Å²) in [7, 11) is 0. The third kappa shape index (κ3) is 4.92. The highest BCUT2D eigenvalue weighted by molar-refractivity contribution is 7.18. The van der Waals surface area contributed by atoms with Gasteiger partial charge in [0.05, 0.1) is 17.9 Å². The minimum absolute atomic E-state index is 0.161. The first-order valence-electron chi connectivity index (χ1n) is 10.1. The summed E-state index contributed by atoms with van der Waals surface area (Å²) < 4.78 is 5.35. The predicted octanol–water partition coefficient (Wildman–Crippen LogP) is 4.91. The Bertz CT molecular complexity index is 957. The number of rotatable bonds is 7. The van der Waals surface area contributed by atoms with E-state index >= 15 is 0 Å². The van der Waals surface area contributed by atoms with Gasteiger partial charge in [0.25, 0.3) is 0 Å². The molecule has 4 nitrogen and oxygen atoms in total. The molecule has 1 aliphatic heterocycles. The van der Waals surface area contributed by atoms with Gasteiger partial charge in [0.1, 0.15) is 5.01 Å². The van der Waals surface area contributed by atoms with E-state index in [2.05, 4.69) is 48.4 Å². The number of benzene rings is 2. The standard InChI is InChI=1S/C24H26N2O2S/c1-16(2)19-7-9-20(10-8-19)22-14-26-24(29-22)21-5-3-17(4-6-21)11-23(27)28-15-18-12-25-13-18/h3-10,14,16,18,25H,11-13,15H2,1-2H3. The molecule has 0 aliphatic carbocycles. The van der Waals surface area contributed by atoms with Crippen LogP contribution in [0.2, 0.25) is 0 Å². The van der Waals surface area contributed by atoms with Crippen LogP contribution in [0.1, 0.15) is 30.9 Å². The summed E-state index contributed by atoms with van der Waals surface area (Å²) in [6, 6.07) is 16.7. The Balaban J connectivity index is 1.38. The van der Waals surface area contributed by atoms with Crippen molar-refractivity contribution in [3.8, 4) is 21.0 Å². The maximum absolute atomic E-state index is 12.0. The molecule has 2 aromatic carbocycles. The first-order chi connectivity index (χ1) is 14.1. The Morgan fingerprint density at radius 3 is 2.41 bits per heavy atom. The number of carbonyl (C=O) groups is 1. The zero-order valence-corrected chi connectivity index (χ0v) is 17.7. The molecule has 3 aromatic rings. The van der Waals surface area contributed by atoms with Crippen molar-refractivity contribution in [1.82, 2.24) is 10.3 Å². The molecule has 1 aromatic heterocycles. The summed E-state index contributed by atoms with van der Waals surface area (Å²) in [5.41, 5.74) is 4.57. The predicted molar refractivity (Wildman–Crippen MR) is 118 cm³/mol. The Hall–Kier alpha value is -2.50. The summed E-state index contributed by atoms with van der Waals surface area (Å²) in [6.07, 6.45) is 2.25. The maximum Gasteiger partial charge on any atom is 0.310 e. The van der Waals surface area contributed by atoms with Gasteiger partial charge in [0, 0.05) is 30.8 Å². The van der Waals surface area contributed by atoms with E-state index < -0.39 is 0 Å². The van der Waals surface area contributed by atoms with Gasteiger partial charge >= 0.3 is 5.97 Å². The Morgan fingerprint density at radius 1 is 1.10 bits per heavy atom. The lowest BCUT2D eigenvalue weighted by Gasteiger charge is -2.26. The van der Waals surface area contributed by atoms with Crippen LogP contribution >= 0.6 is 11.3 Å². The molecule has 0 amide bonds. The average molecular weight is 407 g/mol. The van der Waals surface area contributed by atoms with Gasteiger partial charge in [-0.05, 0) is 22.6 Å².